The van der Waals surface area contributed by atoms with Crippen molar-refractivity contribution < 1.29 is 24.0 Å². The lowest BCUT2D eigenvalue weighted by atomic mass is 9.57. The van der Waals surface area contributed by atoms with Gasteiger partial charge in [0, 0.05) is 54.8 Å². The first kappa shape index (κ1) is 32.9. The van der Waals surface area contributed by atoms with E-state index in [9.17, 15) is 19.2 Å². The number of nitrogens with zero attached hydrogens (tertiary/aromatic N) is 3. The normalized spacial score (nSPS) is 23.2. The number of para-hydroxylation sites is 1. The van der Waals surface area contributed by atoms with E-state index < -0.39 is 47.0 Å². The number of aromatic amines is 1. The number of nitrogens with one attached hydrogen (secondary N) is 3. The van der Waals surface area contributed by atoms with Crippen LogP contribution in [0.15, 0.2) is 96.3 Å². The Morgan fingerprint density at radius 2 is 1.72 bits per heavy atom. The smallest absolute Gasteiger partial charge is 0.325 e. The zero-order valence-electron chi connectivity index (χ0n) is 28.1. The molecule has 1 saturated heterocycles. The molecule has 3 N–H and O–H groups in total. The summed E-state index contributed by atoms with van der Waals surface area (Å²) in [6.07, 6.45) is 5.02. The van der Waals surface area contributed by atoms with E-state index in [-0.39, 0.29) is 25.4 Å². The van der Waals surface area contributed by atoms with Crippen LogP contribution >= 0.6 is 0 Å². The number of fused-ring (bicyclic) bond motifs is 4. The molecule has 11 heteroatoms. The van der Waals surface area contributed by atoms with E-state index in [1.807, 2.05) is 67.7 Å². The number of amides is 6. The molecular weight excluding hydrogens is 632 g/mol. The zero-order valence-corrected chi connectivity index (χ0v) is 28.1. The van der Waals surface area contributed by atoms with Gasteiger partial charge in [0.15, 0.2) is 0 Å². The number of hydrogen-bond donors (Lipinski definition) is 3. The maximum atomic E-state index is 15.2. The minimum Gasteiger partial charge on any atom is -0.361 e. The number of pyridine rings is 1. The second-order valence-electron chi connectivity index (χ2n) is 13.3. The van der Waals surface area contributed by atoms with Crippen molar-refractivity contribution in [2.24, 2.45) is 17.8 Å². The van der Waals surface area contributed by atoms with Gasteiger partial charge in [-0.3, -0.25) is 29.1 Å². The van der Waals surface area contributed by atoms with E-state index in [4.69, 9.17) is 0 Å². The highest BCUT2D eigenvalue weighted by atomic mass is 16.2. The Balaban J connectivity index is 1.36. The second-order valence-corrected chi connectivity index (χ2v) is 13.3. The number of urea groups is 1. The summed E-state index contributed by atoms with van der Waals surface area (Å²) in [5.41, 5.74) is 2.49. The second kappa shape index (κ2) is 13.4. The molecule has 50 heavy (non-hydrogen) atoms. The molecule has 4 aromatic rings. The summed E-state index contributed by atoms with van der Waals surface area (Å²) >= 11 is 0. The maximum absolute atomic E-state index is 15.2. The van der Waals surface area contributed by atoms with Gasteiger partial charge < -0.3 is 15.6 Å². The Kier molecular flexibility index (Phi) is 8.81. The number of imide groups is 2. The van der Waals surface area contributed by atoms with Crippen molar-refractivity contribution >= 4 is 40.6 Å². The summed E-state index contributed by atoms with van der Waals surface area (Å²) in [6.45, 7) is 2.07. The number of aromatic nitrogens is 2. The van der Waals surface area contributed by atoms with Gasteiger partial charge in [-0.1, -0.05) is 67.1 Å². The van der Waals surface area contributed by atoms with Gasteiger partial charge in [0.25, 0.3) is 5.91 Å². The molecular formula is C39H40N6O5. The molecule has 2 fully saturated rings. The lowest BCUT2D eigenvalue weighted by molar-refractivity contribution is -0.151. The molecule has 7 rings (SSSR count). The molecule has 3 aliphatic rings. The highest BCUT2D eigenvalue weighted by Gasteiger charge is 2.67. The number of hydrogen-bond acceptors (Lipinski definition) is 6. The number of benzene rings is 2. The largest absolute Gasteiger partial charge is 0.361 e. The Labute approximate surface area is 290 Å². The summed E-state index contributed by atoms with van der Waals surface area (Å²) in [6, 6.07) is 21.7. The quantitative estimate of drug-likeness (QED) is 0.226. The Bertz CT molecular complexity index is 2010. The SMILES string of the molecule is CCC1=C2CC[C@H]3C(=O)N(C)C(=O)[C@H]3[C@H]2[C@@](Cc2ccccc2)(C(=O)NCCc2c[nH]c3ccccc23)N(C(=O)NCc2ccccn2)C1=O. The van der Waals surface area contributed by atoms with Gasteiger partial charge >= 0.3 is 6.03 Å². The Hall–Kier alpha value is -5.58. The van der Waals surface area contributed by atoms with Crippen LogP contribution < -0.4 is 10.6 Å². The van der Waals surface area contributed by atoms with E-state index >= 15 is 4.79 Å². The van der Waals surface area contributed by atoms with Crippen molar-refractivity contribution in [1.82, 2.24) is 30.4 Å². The number of rotatable bonds is 9. The molecule has 11 nitrogen and oxygen atoms in total. The molecule has 0 radical (unpaired) electrons. The van der Waals surface area contributed by atoms with Crippen molar-refractivity contribution in [3.05, 3.63) is 113 Å². The monoisotopic (exact) mass is 672 g/mol. The predicted molar refractivity (Wildman–Crippen MR) is 186 cm³/mol. The van der Waals surface area contributed by atoms with Crippen LogP contribution in [0.4, 0.5) is 4.79 Å². The average Bonchev–Trinajstić information content (AvgIpc) is 3.65. The molecule has 4 atom stereocenters. The van der Waals surface area contributed by atoms with Crippen molar-refractivity contribution in [1.29, 1.82) is 0 Å². The first-order chi connectivity index (χ1) is 24.3. The number of carbonyl (C=O) groups excluding carboxylic acids is 5. The molecule has 1 saturated carbocycles. The van der Waals surface area contributed by atoms with Crippen LogP contribution in [0.25, 0.3) is 10.9 Å². The van der Waals surface area contributed by atoms with Crippen LogP contribution in [0.5, 0.6) is 0 Å². The minimum absolute atomic E-state index is 0.0158. The molecule has 6 amide bonds. The van der Waals surface area contributed by atoms with Crippen molar-refractivity contribution in [3.63, 3.8) is 0 Å². The highest BCUT2D eigenvalue weighted by molar-refractivity contribution is 6.12. The summed E-state index contributed by atoms with van der Waals surface area (Å²) in [5.74, 6) is -4.30. The molecule has 256 valence electrons. The van der Waals surface area contributed by atoms with Crippen LogP contribution in [0.2, 0.25) is 0 Å². The van der Waals surface area contributed by atoms with Gasteiger partial charge in [-0.05, 0) is 55.0 Å². The molecule has 0 unspecified atom stereocenters. The molecule has 2 aromatic heterocycles. The van der Waals surface area contributed by atoms with Gasteiger partial charge in [0.2, 0.25) is 17.7 Å². The van der Waals surface area contributed by atoms with Crippen LogP contribution in [-0.4, -0.2) is 68.6 Å². The van der Waals surface area contributed by atoms with Crippen LogP contribution in [0.1, 0.15) is 43.0 Å². The number of likely N-dealkylation sites (tertiary alicyclic amines) is 1. The first-order valence-corrected chi connectivity index (χ1v) is 17.2. The van der Waals surface area contributed by atoms with Crippen LogP contribution in [0.3, 0.4) is 0 Å². The fourth-order valence-corrected chi connectivity index (χ4v) is 8.41. The first-order valence-electron chi connectivity index (χ1n) is 17.2. The molecule has 1 aliphatic carbocycles. The predicted octanol–water partition coefficient (Wildman–Crippen LogP) is 4.30. The molecule has 0 spiro atoms. The fraction of sp³-hybridized carbons (Fsp3) is 0.333. The number of H-pyrrole nitrogens is 1. The molecule has 2 aliphatic heterocycles. The van der Waals surface area contributed by atoms with Gasteiger partial charge in [-0.2, -0.15) is 0 Å². The molecule has 2 aromatic carbocycles. The van der Waals surface area contributed by atoms with E-state index in [0.29, 0.717) is 48.1 Å². The topological polar surface area (TPSA) is 145 Å². The van der Waals surface area contributed by atoms with Crippen LogP contribution in [0, 0.1) is 17.8 Å². The third-order valence-corrected chi connectivity index (χ3v) is 10.7. The lowest BCUT2D eigenvalue weighted by Crippen LogP contribution is -2.73. The van der Waals surface area contributed by atoms with Crippen molar-refractivity contribution in [3.8, 4) is 0 Å². The van der Waals surface area contributed by atoms with Crippen molar-refractivity contribution in [2.75, 3.05) is 13.6 Å². The van der Waals surface area contributed by atoms with Crippen LogP contribution in [-0.2, 0) is 38.6 Å². The van der Waals surface area contributed by atoms with E-state index in [2.05, 4.69) is 20.6 Å². The summed E-state index contributed by atoms with van der Waals surface area (Å²) in [7, 11) is 1.47. The summed E-state index contributed by atoms with van der Waals surface area (Å²) in [5, 5.41) is 7.00. The zero-order chi connectivity index (χ0) is 35.0. The van der Waals surface area contributed by atoms with Crippen molar-refractivity contribution in [2.45, 2.75) is 51.1 Å². The summed E-state index contributed by atoms with van der Waals surface area (Å²) < 4.78 is 0. The van der Waals surface area contributed by atoms with Gasteiger partial charge in [-0.25, -0.2) is 9.69 Å². The average molecular weight is 673 g/mol. The van der Waals surface area contributed by atoms with Gasteiger partial charge in [0.05, 0.1) is 24.1 Å². The van der Waals surface area contributed by atoms with Gasteiger partial charge in [-0.15, -0.1) is 0 Å². The molecule has 0 bridgehead atoms. The minimum atomic E-state index is -1.87. The Morgan fingerprint density at radius 3 is 2.48 bits per heavy atom. The lowest BCUT2D eigenvalue weighted by Gasteiger charge is -2.54. The third-order valence-electron chi connectivity index (χ3n) is 10.7. The standard InChI is InChI=1S/C39H40N6O5/c1-3-27-29-16-17-30-32(36(48)44(2)34(30)46)33(29)39(21-24-11-5-4-6-12-24,45(35(27)47)38(50)43-23-26-13-9-10-19-40-26)37(49)41-20-18-25-22-42-31-15-8-7-14-28(25)31/h4-15,19,22,30,32-33,42H,3,16-18,20-21,23H2,1-2H3,(H,41,49)(H,43,50)/t30-,32-,33+,39+/m1/s1. The summed E-state index contributed by atoms with van der Waals surface area (Å²) in [4.78, 5) is 81.8. The Morgan fingerprint density at radius 1 is 0.960 bits per heavy atom. The number of carbonyl (C=O) groups is 5. The highest BCUT2D eigenvalue weighted by Crippen LogP contribution is 2.55. The molecule has 4 heterocycles. The van der Waals surface area contributed by atoms with E-state index in [1.54, 1.807) is 24.4 Å². The van der Waals surface area contributed by atoms with E-state index in [1.165, 1.54) is 7.05 Å². The maximum Gasteiger partial charge on any atom is 0.325 e. The van der Waals surface area contributed by atoms with Gasteiger partial charge in [0.1, 0.15) is 5.54 Å². The fourth-order valence-electron chi connectivity index (χ4n) is 8.41. The third kappa shape index (κ3) is 5.46. The van der Waals surface area contributed by atoms with E-state index in [0.717, 1.165) is 26.3 Å².